The molecule has 4 heteroatoms. The Morgan fingerprint density at radius 1 is 1.42 bits per heavy atom. The van der Waals surface area contributed by atoms with E-state index in [1.807, 2.05) is 7.05 Å². The van der Waals surface area contributed by atoms with Gasteiger partial charge in [0.1, 0.15) is 5.82 Å². The first-order chi connectivity index (χ1) is 9.11. The van der Waals surface area contributed by atoms with Gasteiger partial charge < -0.3 is 10.0 Å². The Morgan fingerprint density at radius 3 is 2.68 bits per heavy atom. The zero-order chi connectivity index (χ0) is 13.8. The minimum atomic E-state index is -0.874. The van der Waals surface area contributed by atoms with Gasteiger partial charge in [0.2, 0.25) is 0 Å². The van der Waals surface area contributed by atoms with E-state index in [-0.39, 0.29) is 0 Å². The lowest BCUT2D eigenvalue weighted by molar-refractivity contribution is 0.0696. The van der Waals surface area contributed by atoms with Crippen LogP contribution in [0, 0.1) is 0 Å². The van der Waals surface area contributed by atoms with E-state index in [1.165, 1.54) is 25.7 Å². The third kappa shape index (κ3) is 3.25. The van der Waals surface area contributed by atoms with Crippen LogP contribution in [0.5, 0.6) is 0 Å². The smallest absolute Gasteiger partial charge is 0.335 e. The highest BCUT2D eigenvalue weighted by atomic mass is 16.4. The average Bonchev–Trinajstić information content (AvgIpc) is 2.91. The van der Waals surface area contributed by atoms with Gasteiger partial charge in [0.05, 0.1) is 5.56 Å². The molecular formula is C15H22N2O2. The lowest BCUT2D eigenvalue weighted by atomic mass is 10.1. The summed E-state index contributed by atoms with van der Waals surface area (Å²) in [7, 11) is 2.03. The van der Waals surface area contributed by atoms with Gasteiger partial charge in [0.15, 0.2) is 0 Å². The standard InChI is InChI=1S/C15H22N2O2/c1-3-6-12-9-11(15(18)19)10-14(16-12)17(2)13-7-4-5-8-13/h9-10,13H,3-8H2,1-2H3,(H,18,19). The molecule has 4 nitrogen and oxygen atoms in total. The first-order valence-corrected chi connectivity index (χ1v) is 7.09. The van der Waals surface area contributed by atoms with Crippen molar-refractivity contribution >= 4 is 11.8 Å². The quantitative estimate of drug-likeness (QED) is 0.885. The van der Waals surface area contributed by atoms with Gasteiger partial charge in [-0.1, -0.05) is 26.2 Å². The van der Waals surface area contributed by atoms with Crippen molar-refractivity contribution in [2.75, 3.05) is 11.9 Å². The first kappa shape index (κ1) is 13.8. The number of hydrogen-bond donors (Lipinski definition) is 1. The molecular weight excluding hydrogens is 240 g/mol. The fourth-order valence-corrected chi connectivity index (χ4v) is 2.74. The van der Waals surface area contributed by atoms with Crippen LogP contribution < -0.4 is 4.90 Å². The zero-order valence-electron chi connectivity index (χ0n) is 11.7. The van der Waals surface area contributed by atoms with Crippen LogP contribution in [0.2, 0.25) is 0 Å². The van der Waals surface area contributed by atoms with E-state index >= 15 is 0 Å². The molecule has 1 aromatic rings. The number of aromatic carboxylic acids is 1. The number of pyridine rings is 1. The van der Waals surface area contributed by atoms with Gasteiger partial charge in [-0.05, 0) is 31.4 Å². The van der Waals surface area contributed by atoms with Gasteiger partial charge in [-0.3, -0.25) is 0 Å². The van der Waals surface area contributed by atoms with E-state index in [0.717, 1.165) is 24.4 Å². The van der Waals surface area contributed by atoms with Crippen molar-refractivity contribution in [3.63, 3.8) is 0 Å². The molecule has 1 N–H and O–H groups in total. The SMILES string of the molecule is CCCc1cc(C(=O)O)cc(N(C)C2CCCC2)n1. The Morgan fingerprint density at radius 2 is 2.11 bits per heavy atom. The van der Waals surface area contributed by atoms with Crippen LogP contribution in [-0.4, -0.2) is 29.1 Å². The molecule has 0 atom stereocenters. The molecule has 2 rings (SSSR count). The first-order valence-electron chi connectivity index (χ1n) is 7.09. The minimum absolute atomic E-state index is 0.346. The van der Waals surface area contributed by atoms with E-state index < -0.39 is 5.97 Å². The number of carboxylic acid groups (broad SMARTS) is 1. The third-order valence-corrected chi connectivity index (χ3v) is 3.85. The van der Waals surface area contributed by atoms with Crippen LogP contribution in [0.15, 0.2) is 12.1 Å². The minimum Gasteiger partial charge on any atom is -0.478 e. The topological polar surface area (TPSA) is 53.4 Å². The summed E-state index contributed by atoms with van der Waals surface area (Å²) >= 11 is 0. The molecule has 1 aliphatic rings. The number of nitrogens with zero attached hydrogens (tertiary/aromatic N) is 2. The van der Waals surface area contributed by atoms with E-state index in [4.69, 9.17) is 0 Å². The van der Waals surface area contributed by atoms with Crippen molar-refractivity contribution in [1.82, 2.24) is 4.98 Å². The summed E-state index contributed by atoms with van der Waals surface area (Å²) < 4.78 is 0. The predicted octanol–water partition coefficient (Wildman–Crippen LogP) is 3.11. The summed E-state index contributed by atoms with van der Waals surface area (Å²) in [5.41, 5.74) is 1.22. The predicted molar refractivity (Wildman–Crippen MR) is 75.9 cm³/mol. The summed E-state index contributed by atoms with van der Waals surface area (Å²) in [6.07, 6.45) is 6.68. The molecule has 1 fully saturated rings. The van der Waals surface area contributed by atoms with Crippen LogP contribution in [-0.2, 0) is 6.42 Å². The van der Waals surface area contributed by atoms with Crippen molar-refractivity contribution in [3.05, 3.63) is 23.4 Å². The molecule has 0 aliphatic heterocycles. The summed E-state index contributed by atoms with van der Waals surface area (Å²) in [6, 6.07) is 3.89. The molecule has 0 aromatic carbocycles. The molecule has 1 aromatic heterocycles. The van der Waals surface area contributed by atoms with Crippen LogP contribution in [0.25, 0.3) is 0 Å². The Bertz CT molecular complexity index is 453. The van der Waals surface area contributed by atoms with Gasteiger partial charge in [-0.2, -0.15) is 0 Å². The third-order valence-electron chi connectivity index (χ3n) is 3.85. The van der Waals surface area contributed by atoms with E-state index in [0.29, 0.717) is 11.6 Å². The molecule has 0 saturated heterocycles. The average molecular weight is 262 g/mol. The summed E-state index contributed by atoms with van der Waals surface area (Å²) in [5.74, 6) is -0.0731. The lowest BCUT2D eigenvalue weighted by Gasteiger charge is -2.26. The molecule has 0 spiro atoms. The van der Waals surface area contributed by atoms with Gasteiger partial charge in [-0.25, -0.2) is 9.78 Å². The van der Waals surface area contributed by atoms with Crippen LogP contribution in [0.4, 0.5) is 5.82 Å². The molecule has 19 heavy (non-hydrogen) atoms. The van der Waals surface area contributed by atoms with Crippen molar-refractivity contribution in [2.24, 2.45) is 0 Å². The van der Waals surface area contributed by atoms with Crippen molar-refractivity contribution in [3.8, 4) is 0 Å². The Kier molecular flexibility index (Phi) is 4.40. The van der Waals surface area contributed by atoms with E-state index in [1.54, 1.807) is 12.1 Å². The van der Waals surface area contributed by atoms with Gasteiger partial charge in [0, 0.05) is 18.8 Å². The Balaban J connectivity index is 2.29. The van der Waals surface area contributed by atoms with Crippen molar-refractivity contribution in [2.45, 2.75) is 51.5 Å². The second-order valence-electron chi connectivity index (χ2n) is 5.31. The second kappa shape index (κ2) is 6.04. The molecule has 0 amide bonds. The zero-order valence-corrected chi connectivity index (χ0v) is 11.7. The summed E-state index contributed by atoms with van der Waals surface area (Å²) in [6.45, 7) is 2.08. The fraction of sp³-hybridized carbons (Fsp3) is 0.600. The summed E-state index contributed by atoms with van der Waals surface area (Å²) in [5, 5.41) is 9.20. The fourth-order valence-electron chi connectivity index (χ4n) is 2.74. The largest absolute Gasteiger partial charge is 0.478 e. The molecule has 1 aliphatic carbocycles. The number of rotatable bonds is 5. The van der Waals surface area contributed by atoms with E-state index in [2.05, 4.69) is 16.8 Å². The number of carboxylic acids is 1. The number of aromatic nitrogens is 1. The van der Waals surface area contributed by atoms with Gasteiger partial charge in [-0.15, -0.1) is 0 Å². The molecule has 1 heterocycles. The monoisotopic (exact) mass is 262 g/mol. The number of hydrogen-bond acceptors (Lipinski definition) is 3. The molecule has 1 saturated carbocycles. The molecule has 104 valence electrons. The Hall–Kier alpha value is -1.58. The van der Waals surface area contributed by atoms with Gasteiger partial charge >= 0.3 is 5.97 Å². The van der Waals surface area contributed by atoms with Crippen molar-refractivity contribution < 1.29 is 9.90 Å². The maximum absolute atomic E-state index is 11.2. The Labute approximate surface area is 114 Å². The number of aryl methyl sites for hydroxylation is 1. The maximum Gasteiger partial charge on any atom is 0.335 e. The van der Waals surface area contributed by atoms with Crippen LogP contribution in [0.3, 0.4) is 0 Å². The van der Waals surface area contributed by atoms with Crippen molar-refractivity contribution in [1.29, 1.82) is 0 Å². The van der Waals surface area contributed by atoms with Crippen LogP contribution in [0.1, 0.15) is 55.1 Å². The van der Waals surface area contributed by atoms with Crippen LogP contribution >= 0.6 is 0 Å². The normalized spacial score (nSPS) is 15.7. The lowest BCUT2D eigenvalue weighted by Crippen LogP contribution is -2.30. The maximum atomic E-state index is 11.2. The summed E-state index contributed by atoms with van der Waals surface area (Å²) in [4.78, 5) is 18.0. The second-order valence-corrected chi connectivity index (χ2v) is 5.31. The molecule has 0 radical (unpaired) electrons. The highest BCUT2D eigenvalue weighted by Gasteiger charge is 2.21. The van der Waals surface area contributed by atoms with Gasteiger partial charge in [0.25, 0.3) is 0 Å². The number of carbonyl (C=O) groups is 1. The van der Waals surface area contributed by atoms with E-state index in [9.17, 15) is 9.90 Å². The highest BCUT2D eigenvalue weighted by molar-refractivity contribution is 5.88. The molecule has 0 bridgehead atoms. The molecule has 0 unspecified atom stereocenters. The highest BCUT2D eigenvalue weighted by Crippen LogP contribution is 2.26. The number of anilines is 1.